The highest BCUT2D eigenvalue weighted by Gasteiger charge is 2.11. The highest BCUT2D eigenvalue weighted by molar-refractivity contribution is 7.90. The third-order valence-corrected chi connectivity index (χ3v) is 2.58. The average Bonchev–Trinajstić information content (AvgIpc) is 2.47. The fourth-order valence-corrected chi connectivity index (χ4v) is 1.54. The first-order chi connectivity index (χ1) is 6.04. The number of furan rings is 1. The summed E-state index contributed by atoms with van der Waals surface area (Å²) in [6, 6.07) is 3.15. The Bertz CT molecular complexity index is 366. The third kappa shape index (κ3) is 2.86. The van der Waals surface area contributed by atoms with Crippen LogP contribution >= 0.6 is 0 Å². The van der Waals surface area contributed by atoms with E-state index in [1.807, 2.05) is 0 Å². The van der Waals surface area contributed by atoms with Crippen molar-refractivity contribution in [1.29, 1.82) is 0 Å². The maximum atomic E-state index is 11.0. The fourth-order valence-electron chi connectivity index (χ4n) is 0.968. The lowest BCUT2D eigenvalue weighted by Crippen LogP contribution is -1.99. The Hall–Kier alpha value is -0.810. The van der Waals surface area contributed by atoms with Crippen molar-refractivity contribution in [3.05, 3.63) is 17.9 Å². The second-order valence-electron chi connectivity index (χ2n) is 2.89. The van der Waals surface area contributed by atoms with Gasteiger partial charge in [0.2, 0.25) is 14.9 Å². The van der Waals surface area contributed by atoms with Crippen molar-refractivity contribution in [2.45, 2.75) is 17.9 Å². The zero-order valence-corrected chi connectivity index (χ0v) is 8.30. The largest absolute Gasteiger partial charge is 0.450 e. The first-order valence-corrected chi connectivity index (χ1v) is 5.92. The molecule has 13 heavy (non-hydrogen) atoms. The number of hydrogen-bond acceptors (Lipinski definition) is 4. The van der Waals surface area contributed by atoms with Gasteiger partial charge in [-0.2, -0.15) is 0 Å². The quantitative estimate of drug-likeness (QED) is 0.776. The van der Waals surface area contributed by atoms with Gasteiger partial charge in [-0.3, -0.25) is 0 Å². The van der Waals surface area contributed by atoms with Crippen LogP contribution in [0.25, 0.3) is 0 Å². The first kappa shape index (κ1) is 10.3. The van der Waals surface area contributed by atoms with Crippen LogP contribution in [0.1, 0.15) is 12.2 Å². The van der Waals surface area contributed by atoms with Gasteiger partial charge in [-0.1, -0.05) is 0 Å². The van der Waals surface area contributed by atoms with E-state index in [4.69, 9.17) is 10.2 Å². The van der Waals surface area contributed by atoms with Gasteiger partial charge in [-0.25, -0.2) is 8.42 Å². The number of nitrogens with two attached hydrogens (primary N) is 1. The van der Waals surface area contributed by atoms with Gasteiger partial charge in [0.1, 0.15) is 5.76 Å². The molecule has 2 N–H and O–H groups in total. The minimum Gasteiger partial charge on any atom is -0.450 e. The minimum atomic E-state index is -3.20. The molecular formula is C8H13NO3S. The molecule has 0 saturated heterocycles. The molecule has 1 aromatic heterocycles. The molecule has 1 rings (SSSR count). The van der Waals surface area contributed by atoms with Gasteiger partial charge < -0.3 is 10.2 Å². The Balaban J connectivity index is 2.76. The molecule has 5 heteroatoms. The highest BCUT2D eigenvalue weighted by atomic mass is 32.2. The van der Waals surface area contributed by atoms with Gasteiger partial charge in [0.25, 0.3) is 0 Å². The Morgan fingerprint density at radius 2 is 2.15 bits per heavy atom. The van der Waals surface area contributed by atoms with Crippen LogP contribution in [0.4, 0.5) is 0 Å². The zero-order valence-electron chi connectivity index (χ0n) is 7.49. The molecule has 0 fully saturated rings. The van der Waals surface area contributed by atoms with Crippen LogP contribution in [-0.2, 0) is 16.3 Å². The van der Waals surface area contributed by atoms with E-state index < -0.39 is 9.84 Å². The predicted octanol–water partition coefficient (Wildman–Crippen LogP) is 0.574. The normalized spacial score (nSPS) is 11.8. The van der Waals surface area contributed by atoms with E-state index in [0.717, 1.165) is 12.7 Å². The maximum absolute atomic E-state index is 11.0. The van der Waals surface area contributed by atoms with Crippen LogP contribution in [0, 0.1) is 0 Å². The second kappa shape index (κ2) is 3.93. The van der Waals surface area contributed by atoms with Crippen molar-refractivity contribution in [3.8, 4) is 0 Å². The van der Waals surface area contributed by atoms with E-state index in [-0.39, 0.29) is 5.09 Å². The molecule has 0 bridgehead atoms. The van der Waals surface area contributed by atoms with E-state index in [0.29, 0.717) is 18.7 Å². The molecular weight excluding hydrogens is 190 g/mol. The molecule has 0 aliphatic heterocycles. The molecule has 0 unspecified atom stereocenters. The molecule has 0 aliphatic rings. The summed E-state index contributed by atoms with van der Waals surface area (Å²) in [5.74, 6) is 0.672. The highest BCUT2D eigenvalue weighted by Crippen LogP contribution is 2.14. The van der Waals surface area contributed by atoms with Gasteiger partial charge in [-0.15, -0.1) is 0 Å². The van der Waals surface area contributed by atoms with Crippen LogP contribution in [0.3, 0.4) is 0 Å². The minimum absolute atomic E-state index is 0.0273. The fraction of sp³-hybridized carbons (Fsp3) is 0.500. The van der Waals surface area contributed by atoms with Gasteiger partial charge in [-0.05, 0) is 25.1 Å². The molecule has 0 saturated carbocycles. The van der Waals surface area contributed by atoms with Gasteiger partial charge in [0.05, 0.1) is 0 Å². The Labute approximate surface area is 77.7 Å². The van der Waals surface area contributed by atoms with Crippen molar-refractivity contribution in [2.75, 3.05) is 12.8 Å². The van der Waals surface area contributed by atoms with Gasteiger partial charge in [0, 0.05) is 12.7 Å². The summed E-state index contributed by atoms with van der Waals surface area (Å²) in [6.45, 7) is 0.578. The summed E-state index contributed by atoms with van der Waals surface area (Å²) in [7, 11) is -3.20. The number of hydrogen-bond donors (Lipinski definition) is 1. The van der Waals surface area contributed by atoms with Gasteiger partial charge in [0.15, 0.2) is 0 Å². The lowest BCUT2D eigenvalue weighted by Gasteiger charge is -1.93. The first-order valence-electron chi connectivity index (χ1n) is 4.03. The predicted molar refractivity (Wildman–Crippen MR) is 49.2 cm³/mol. The molecule has 0 amide bonds. The monoisotopic (exact) mass is 203 g/mol. The van der Waals surface area contributed by atoms with Crippen LogP contribution in [0.2, 0.25) is 0 Å². The number of aryl methyl sites for hydroxylation is 1. The van der Waals surface area contributed by atoms with Crippen LogP contribution in [0.15, 0.2) is 21.6 Å². The Kier molecular flexibility index (Phi) is 3.11. The molecule has 1 heterocycles. The van der Waals surface area contributed by atoms with Crippen molar-refractivity contribution in [3.63, 3.8) is 0 Å². The van der Waals surface area contributed by atoms with E-state index >= 15 is 0 Å². The smallest absolute Gasteiger partial charge is 0.217 e. The van der Waals surface area contributed by atoms with E-state index in [2.05, 4.69) is 0 Å². The molecule has 1 aromatic rings. The van der Waals surface area contributed by atoms with Crippen molar-refractivity contribution in [2.24, 2.45) is 5.73 Å². The third-order valence-electron chi connectivity index (χ3n) is 1.63. The summed E-state index contributed by atoms with van der Waals surface area (Å²) in [6.07, 6.45) is 2.61. The van der Waals surface area contributed by atoms with Crippen molar-refractivity contribution < 1.29 is 12.8 Å². The molecule has 0 spiro atoms. The summed E-state index contributed by atoms with van der Waals surface area (Å²) < 4.78 is 27.1. The summed E-state index contributed by atoms with van der Waals surface area (Å²) in [4.78, 5) is 0. The summed E-state index contributed by atoms with van der Waals surface area (Å²) in [5, 5.41) is 0.0273. The lowest BCUT2D eigenvalue weighted by atomic mass is 10.2. The van der Waals surface area contributed by atoms with E-state index in [1.54, 1.807) is 6.07 Å². The Morgan fingerprint density at radius 3 is 2.62 bits per heavy atom. The molecule has 74 valence electrons. The van der Waals surface area contributed by atoms with Gasteiger partial charge >= 0.3 is 0 Å². The van der Waals surface area contributed by atoms with E-state index in [9.17, 15) is 8.42 Å². The average molecular weight is 203 g/mol. The van der Waals surface area contributed by atoms with Crippen molar-refractivity contribution >= 4 is 9.84 Å². The maximum Gasteiger partial charge on any atom is 0.217 e. The number of rotatable bonds is 4. The van der Waals surface area contributed by atoms with Crippen LogP contribution in [-0.4, -0.2) is 21.2 Å². The topological polar surface area (TPSA) is 73.3 Å². The molecule has 0 aromatic carbocycles. The molecule has 0 aliphatic carbocycles. The molecule has 4 nitrogen and oxygen atoms in total. The number of sulfone groups is 1. The molecule has 0 radical (unpaired) electrons. The SMILES string of the molecule is CS(=O)(=O)c1ccc(CCCN)o1. The Morgan fingerprint density at radius 1 is 1.46 bits per heavy atom. The zero-order chi connectivity index (χ0) is 9.90. The summed E-state index contributed by atoms with van der Waals surface area (Å²) >= 11 is 0. The van der Waals surface area contributed by atoms with Crippen LogP contribution in [0.5, 0.6) is 0 Å². The second-order valence-corrected chi connectivity index (χ2v) is 4.83. The van der Waals surface area contributed by atoms with E-state index in [1.165, 1.54) is 6.07 Å². The lowest BCUT2D eigenvalue weighted by molar-refractivity contribution is 0.413. The molecule has 0 atom stereocenters. The summed E-state index contributed by atoms with van der Waals surface area (Å²) in [5.41, 5.74) is 5.31. The standard InChI is InChI=1S/C8H13NO3S/c1-13(10,11)8-5-4-7(12-8)3-2-6-9/h4-5H,2-3,6,9H2,1H3. The van der Waals surface area contributed by atoms with Crippen LogP contribution < -0.4 is 5.73 Å². The van der Waals surface area contributed by atoms with Crippen molar-refractivity contribution in [1.82, 2.24) is 0 Å².